The number of benzene rings is 3. The minimum atomic E-state index is -0.923. The third kappa shape index (κ3) is 6.38. The summed E-state index contributed by atoms with van der Waals surface area (Å²) in [7, 11) is 0. The maximum Gasteiger partial charge on any atom is 0.117 e. The normalized spacial score (nSPS) is 22.7. The summed E-state index contributed by atoms with van der Waals surface area (Å²) in [5.41, 5.74) is 3.63. The Labute approximate surface area is 194 Å². The highest BCUT2D eigenvalue weighted by molar-refractivity contribution is 5.23. The maximum absolute atomic E-state index is 10.9. The van der Waals surface area contributed by atoms with Gasteiger partial charge in [0.1, 0.15) is 24.4 Å². The van der Waals surface area contributed by atoms with Gasteiger partial charge in [0.2, 0.25) is 0 Å². The second-order valence-electron chi connectivity index (χ2n) is 8.13. The molecule has 0 spiro atoms. The molecule has 0 saturated heterocycles. The molecule has 0 unspecified atom stereocenters. The Morgan fingerprint density at radius 3 is 1.45 bits per heavy atom. The summed E-state index contributed by atoms with van der Waals surface area (Å²) in [6.45, 7) is 0.803. The topological polar surface area (TPSA) is 68.2 Å². The van der Waals surface area contributed by atoms with E-state index in [0.717, 1.165) is 16.7 Å². The first-order chi connectivity index (χ1) is 16.2. The van der Waals surface area contributed by atoms with Gasteiger partial charge in [-0.1, -0.05) is 91.0 Å². The van der Waals surface area contributed by atoms with Crippen molar-refractivity contribution in [3.05, 3.63) is 119 Å². The number of aliphatic hydroxyl groups is 2. The molecule has 0 bridgehead atoms. The molecule has 2 N–H and O–H groups in total. The van der Waals surface area contributed by atoms with Gasteiger partial charge in [0, 0.05) is 0 Å². The van der Waals surface area contributed by atoms with E-state index in [1.165, 1.54) is 0 Å². The van der Waals surface area contributed by atoms with Crippen molar-refractivity contribution in [1.82, 2.24) is 0 Å². The van der Waals surface area contributed by atoms with Crippen molar-refractivity contribution < 1.29 is 24.4 Å². The lowest BCUT2D eigenvalue weighted by atomic mass is 9.89. The van der Waals surface area contributed by atoms with Crippen molar-refractivity contribution in [2.75, 3.05) is 6.61 Å². The highest BCUT2D eigenvalue weighted by Crippen LogP contribution is 2.29. The molecule has 4 rings (SSSR count). The smallest absolute Gasteiger partial charge is 0.117 e. The molecule has 4 atom stereocenters. The SMILES string of the molecule is OCC1=C[C@@H](O)[C@H](OCc2ccccc2)[C@@H](OCc2ccccc2)[C@@H]1OCc1ccccc1. The van der Waals surface area contributed by atoms with Gasteiger partial charge in [0.05, 0.1) is 26.4 Å². The number of aliphatic hydroxyl groups excluding tert-OH is 2. The molecule has 0 heterocycles. The molecule has 0 saturated carbocycles. The summed E-state index contributed by atoms with van der Waals surface area (Å²) in [6, 6.07) is 29.5. The molecule has 3 aromatic carbocycles. The molecule has 0 aromatic heterocycles. The summed E-state index contributed by atoms with van der Waals surface area (Å²) < 4.78 is 18.7. The first-order valence-electron chi connectivity index (χ1n) is 11.2. The minimum absolute atomic E-state index is 0.229. The standard InChI is InChI=1S/C28H30O5/c29-17-24-16-25(30)27(32-19-22-12-6-2-7-13-22)28(33-20-23-14-8-3-9-15-23)26(24)31-18-21-10-4-1-5-11-21/h1-16,25-30H,17-20H2/t25-,26-,27+,28+/m1/s1. The van der Waals surface area contributed by atoms with Gasteiger partial charge in [-0.2, -0.15) is 0 Å². The summed E-state index contributed by atoms with van der Waals surface area (Å²) in [6.07, 6.45) is -1.09. The zero-order chi connectivity index (χ0) is 22.9. The largest absolute Gasteiger partial charge is 0.392 e. The Bertz CT molecular complexity index is 991. The summed E-state index contributed by atoms with van der Waals surface area (Å²) in [5.74, 6) is 0. The van der Waals surface area contributed by atoms with E-state index < -0.39 is 24.4 Å². The Balaban J connectivity index is 1.55. The van der Waals surface area contributed by atoms with E-state index in [1.807, 2.05) is 91.0 Å². The quantitative estimate of drug-likeness (QED) is 0.460. The van der Waals surface area contributed by atoms with Crippen molar-refractivity contribution >= 4 is 0 Å². The van der Waals surface area contributed by atoms with Gasteiger partial charge in [-0.25, -0.2) is 0 Å². The fraction of sp³-hybridized carbons (Fsp3) is 0.286. The van der Waals surface area contributed by atoms with Crippen LogP contribution in [0.3, 0.4) is 0 Å². The fourth-order valence-corrected chi connectivity index (χ4v) is 4.00. The van der Waals surface area contributed by atoms with Crippen LogP contribution >= 0.6 is 0 Å². The molecule has 5 nitrogen and oxygen atoms in total. The number of hydrogen-bond donors (Lipinski definition) is 2. The third-order valence-electron chi connectivity index (χ3n) is 5.73. The molecule has 0 radical (unpaired) electrons. The van der Waals surface area contributed by atoms with Crippen LogP contribution in [0.5, 0.6) is 0 Å². The number of rotatable bonds is 10. The molecule has 1 aliphatic rings. The van der Waals surface area contributed by atoms with Crippen LogP contribution in [-0.4, -0.2) is 41.2 Å². The molecule has 33 heavy (non-hydrogen) atoms. The first kappa shape index (κ1) is 23.4. The molecule has 0 aliphatic heterocycles. The van der Waals surface area contributed by atoms with E-state index >= 15 is 0 Å². The first-order valence-corrected chi connectivity index (χ1v) is 11.2. The van der Waals surface area contributed by atoms with Crippen molar-refractivity contribution in [1.29, 1.82) is 0 Å². The van der Waals surface area contributed by atoms with E-state index in [4.69, 9.17) is 14.2 Å². The van der Waals surface area contributed by atoms with Crippen molar-refractivity contribution in [2.24, 2.45) is 0 Å². The van der Waals surface area contributed by atoms with Gasteiger partial charge in [-0.15, -0.1) is 0 Å². The average Bonchev–Trinajstić information content (AvgIpc) is 2.87. The van der Waals surface area contributed by atoms with E-state index in [1.54, 1.807) is 6.08 Å². The van der Waals surface area contributed by atoms with E-state index in [0.29, 0.717) is 25.4 Å². The molecule has 3 aromatic rings. The van der Waals surface area contributed by atoms with Crippen LogP contribution in [0.2, 0.25) is 0 Å². The van der Waals surface area contributed by atoms with Crippen LogP contribution in [0.15, 0.2) is 103 Å². The minimum Gasteiger partial charge on any atom is -0.392 e. The van der Waals surface area contributed by atoms with Crippen LogP contribution in [0, 0.1) is 0 Å². The number of ether oxygens (including phenoxy) is 3. The van der Waals surface area contributed by atoms with Gasteiger partial charge in [0.25, 0.3) is 0 Å². The lowest BCUT2D eigenvalue weighted by Crippen LogP contribution is -2.52. The average molecular weight is 447 g/mol. The van der Waals surface area contributed by atoms with Crippen molar-refractivity contribution in [3.63, 3.8) is 0 Å². The van der Waals surface area contributed by atoms with E-state index in [-0.39, 0.29) is 6.61 Å². The Hall–Kier alpha value is -2.80. The van der Waals surface area contributed by atoms with Gasteiger partial charge in [-0.05, 0) is 28.3 Å². The third-order valence-corrected chi connectivity index (χ3v) is 5.73. The summed E-state index contributed by atoms with van der Waals surface area (Å²) >= 11 is 0. The lowest BCUT2D eigenvalue weighted by Gasteiger charge is -2.40. The van der Waals surface area contributed by atoms with Crippen LogP contribution in [0.4, 0.5) is 0 Å². The zero-order valence-corrected chi connectivity index (χ0v) is 18.5. The molecular formula is C28H30O5. The Morgan fingerprint density at radius 1 is 0.576 bits per heavy atom. The monoisotopic (exact) mass is 446 g/mol. The molecule has 5 heteroatoms. The van der Waals surface area contributed by atoms with Crippen LogP contribution in [-0.2, 0) is 34.0 Å². The van der Waals surface area contributed by atoms with Gasteiger partial charge >= 0.3 is 0 Å². The molecule has 0 fully saturated rings. The predicted octanol–water partition coefficient (Wildman–Crippen LogP) is 4.04. The van der Waals surface area contributed by atoms with E-state index in [9.17, 15) is 10.2 Å². The fourth-order valence-electron chi connectivity index (χ4n) is 4.00. The highest BCUT2D eigenvalue weighted by Gasteiger charge is 2.42. The number of hydrogen-bond acceptors (Lipinski definition) is 5. The van der Waals surface area contributed by atoms with Crippen LogP contribution < -0.4 is 0 Å². The Morgan fingerprint density at radius 2 is 1.00 bits per heavy atom. The van der Waals surface area contributed by atoms with Gasteiger partial charge in [-0.3, -0.25) is 0 Å². The molecular weight excluding hydrogens is 416 g/mol. The van der Waals surface area contributed by atoms with Crippen LogP contribution in [0.25, 0.3) is 0 Å². The second kappa shape index (κ2) is 11.9. The summed E-state index contributed by atoms with van der Waals surface area (Å²) in [4.78, 5) is 0. The molecule has 172 valence electrons. The van der Waals surface area contributed by atoms with Crippen LogP contribution in [0.1, 0.15) is 16.7 Å². The zero-order valence-electron chi connectivity index (χ0n) is 18.5. The summed E-state index contributed by atoms with van der Waals surface area (Å²) in [5, 5.41) is 20.9. The predicted molar refractivity (Wildman–Crippen MR) is 126 cm³/mol. The molecule has 1 aliphatic carbocycles. The van der Waals surface area contributed by atoms with Gasteiger partial charge < -0.3 is 24.4 Å². The lowest BCUT2D eigenvalue weighted by molar-refractivity contribution is -0.172. The van der Waals surface area contributed by atoms with Crippen molar-refractivity contribution in [3.8, 4) is 0 Å². The van der Waals surface area contributed by atoms with Crippen molar-refractivity contribution in [2.45, 2.75) is 44.2 Å². The molecule has 0 amide bonds. The Kier molecular flexibility index (Phi) is 8.41. The maximum atomic E-state index is 10.9. The highest BCUT2D eigenvalue weighted by atomic mass is 16.6. The second-order valence-corrected chi connectivity index (χ2v) is 8.13. The van der Waals surface area contributed by atoms with E-state index in [2.05, 4.69) is 0 Å². The van der Waals surface area contributed by atoms with Gasteiger partial charge in [0.15, 0.2) is 0 Å².